The predicted molar refractivity (Wildman–Crippen MR) is 106 cm³/mol. The number of carbonyl (C=O) groups excluding carboxylic acids is 2. The number of hydrogen-bond acceptors (Lipinski definition) is 2. The molecular weight excluding hydrogens is 324 g/mol. The molecule has 3 aromatic carbocycles. The van der Waals surface area contributed by atoms with Crippen LogP contribution in [-0.2, 0) is 16.0 Å². The molecule has 0 saturated heterocycles. The van der Waals surface area contributed by atoms with E-state index in [9.17, 15) is 9.59 Å². The van der Waals surface area contributed by atoms with E-state index in [-0.39, 0.29) is 11.8 Å². The van der Waals surface area contributed by atoms with E-state index in [2.05, 4.69) is 23.5 Å². The van der Waals surface area contributed by atoms with E-state index >= 15 is 0 Å². The summed E-state index contributed by atoms with van der Waals surface area (Å²) in [5.41, 5.74) is 6.63. The summed E-state index contributed by atoms with van der Waals surface area (Å²) in [7, 11) is 0. The fourth-order valence-electron chi connectivity index (χ4n) is 3.38. The Morgan fingerprint density at radius 3 is 2.00 bits per heavy atom. The number of rotatable bonds is 6. The van der Waals surface area contributed by atoms with E-state index in [1.54, 1.807) is 0 Å². The third-order valence-electron chi connectivity index (χ3n) is 4.56. The second-order valence-electron chi connectivity index (χ2n) is 7.12. The van der Waals surface area contributed by atoms with Gasteiger partial charge in [0.05, 0.1) is 0 Å². The third-order valence-corrected chi connectivity index (χ3v) is 4.56. The van der Waals surface area contributed by atoms with Gasteiger partial charge in [-0.15, -0.1) is 0 Å². The molecule has 2 amide bonds. The molecule has 0 spiro atoms. The van der Waals surface area contributed by atoms with Gasteiger partial charge in [0, 0.05) is 12.8 Å². The van der Waals surface area contributed by atoms with Crippen molar-refractivity contribution in [3.63, 3.8) is 0 Å². The highest BCUT2D eigenvalue weighted by atomic mass is 16.2. The quantitative estimate of drug-likeness (QED) is 0.669. The highest BCUT2D eigenvalue weighted by Gasteiger charge is 2.21. The largest absolute Gasteiger partial charge is 0.368 e. The zero-order valence-electron chi connectivity index (χ0n) is 15.2. The smallest absolute Gasteiger partial charge is 0.240 e. The van der Waals surface area contributed by atoms with Gasteiger partial charge in [0.15, 0.2) is 0 Å². The molecule has 3 aromatic rings. The molecule has 0 saturated carbocycles. The summed E-state index contributed by atoms with van der Waals surface area (Å²) in [4.78, 5) is 24.2. The Hall–Kier alpha value is -2.88. The summed E-state index contributed by atoms with van der Waals surface area (Å²) in [5, 5.41) is 7.19. The van der Waals surface area contributed by atoms with Crippen molar-refractivity contribution in [2.75, 3.05) is 0 Å². The van der Waals surface area contributed by atoms with Crippen molar-refractivity contribution in [3.8, 4) is 0 Å². The molecule has 26 heavy (non-hydrogen) atoms. The minimum absolute atomic E-state index is 0.145. The highest BCUT2D eigenvalue weighted by Crippen LogP contribution is 2.29. The lowest BCUT2D eigenvalue weighted by atomic mass is 9.92. The summed E-state index contributed by atoms with van der Waals surface area (Å²) >= 11 is 0. The Labute approximate surface area is 153 Å². The zero-order chi connectivity index (χ0) is 18.7. The standard InChI is InChI=1S/C22H24N2O2/c1-14(2)11-21(25)24-20(22(23)26)13-19-17-9-5-3-7-15(17)12-16-8-4-6-10-18(16)19/h3-10,12,14,20H,11,13H2,1-2H3,(H2,23,26)(H,24,25)/t20-/m1/s1. The van der Waals surface area contributed by atoms with Gasteiger partial charge in [0.25, 0.3) is 0 Å². The van der Waals surface area contributed by atoms with E-state index in [1.807, 2.05) is 50.2 Å². The number of fused-ring (bicyclic) bond motifs is 2. The van der Waals surface area contributed by atoms with E-state index in [4.69, 9.17) is 5.73 Å². The summed E-state index contributed by atoms with van der Waals surface area (Å²) in [6, 6.07) is 17.6. The maximum Gasteiger partial charge on any atom is 0.240 e. The van der Waals surface area contributed by atoms with Gasteiger partial charge < -0.3 is 11.1 Å². The number of carbonyl (C=O) groups is 2. The van der Waals surface area contributed by atoms with Crippen LogP contribution in [0.2, 0.25) is 0 Å². The van der Waals surface area contributed by atoms with Crippen molar-refractivity contribution in [1.29, 1.82) is 0 Å². The Bertz CT molecular complexity index is 909. The summed E-state index contributed by atoms with van der Waals surface area (Å²) in [6.07, 6.45) is 0.751. The molecule has 3 N–H and O–H groups in total. The Kier molecular flexibility index (Phi) is 5.21. The molecule has 0 bridgehead atoms. The van der Waals surface area contributed by atoms with Crippen LogP contribution in [0.1, 0.15) is 25.8 Å². The van der Waals surface area contributed by atoms with Gasteiger partial charge in [-0.25, -0.2) is 0 Å². The average Bonchev–Trinajstić information content (AvgIpc) is 2.59. The minimum atomic E-state index is -0.726. The second-order valence-corrected chi connectivity index (χ2v) is 7.12. The van der Waals surface area contributed by atoms with Gasteiger partial charge >= 0.3 is 0 Å². The monoisotopic (exact) mass is 348 g/mol. The van der Waals surface area contributed by atoms with Crippen LogP contribution in [-0.4, -0.2) is 17.9 Å². The van der Waals surface area contributed by atoms with Crippen molar-refractivity contribution < 1.29 is 9.59 Å². The SMILES string of the molecule is CC(C)CC(=O)N[C@H](Cc1c2ccccc2cc2ccccc12)C(N)=O. The van der Waals surface area contributed by atoms with Crippen LogP contribution in [0, 0.1) is 5.92 Å². The first kappa shape index (κ1) is 17.9. The summed E-state index contributed by atoms with van der Waals surface area (Å²) < 4.78 is 0. The van der Waals surface area contributed by atoms with Crippen LogP contribution >= 0.6 is 0 Å². The molecule has 0 aliphatic rings. The van der Waals surface area contributed by atoms with Crippen molar-refractivity contribution in [2.24, 2.45) is 11.7 Å². The van der Waals surface area contributed by atoms with Crippen LogP contribution < -0.4 is 11.1 Å². The average molecular weight is 348 g/mol. The highest BCUT2D eigenvalue weighted by molar-refractivity contribution is 6.03. The number of benzene rings is 3. The van der Waals surface area contributed by atoms with Crippen LogP contribution in [0.15, 0.2) is 54.6 Å². The molecule has 0 aromatic heterocycles. The third kappa shape index (κ3) is 3.85. The Morgan fingerprint density at radius 1 is 0.962 bits per heavy atom. The van der Waals surface area contributed by atoms with E-state index in [0.29, 0.717) is 12.8 Å². The maximum atomic E-state index is 12.2. The zero-order valence-corrected chi connectivity index (χ0v) is 15.2. The number of amides is 2. The van der Waals surface area contributed by atoms with Gasteiger partial charge in [-0.2, -0.15) is 0 Å². The molecule has 0 aliphatic carbocycles. The lowest BCUT2D eigenvalue weighted by molar-refractivity contribution is -0.127. The van der Waals surface area contributed by atoms with Gasteiger partial charge in [-0.3, -0.25) is 9.59 Å². The fraction of sp³-hybridized carbons (Fsp3) is 0.273. The predicted octanol–water partition coefficient (Wildman–Crippen LogP) is 3.55. The summed E-state index contributed by atoms with van der Waals surface area (Å²) in [6.45, 7) is 3.94. The van der Waals surface area contributed by atoms with E-state index < -0.39 is 11.9 Å². The fourth-order valence-corrected chi connectivity index (χ4v) is 3.38. The van der Waals surface area contributed by atoms with Crippen molar-refractivity contribution in [2.45, 2.75) is 32.7 Å². The normalized spacial score (nSPS) is 12.4. The van der Waals surface area contributed by atoms with Crippen LogP contribution in [0.3, 0.4) is 0 Å². The molecule has 134 valence electrons. The van der Waals surface area contributed by atoms with Gasteiger partial charge in [-0.05, 0) is 39.1 Å². The van der Waals surface area contributed by atoms with Gasteiger partial charge in [0.1, 0.15) is 6.04 Å². The van der Waals surface area contributed by atoms with Gasteiger partial charge in [0.2, 0.25) is 11.8 Å². The number of primary amides is 1. The molecule has 0 fully saturated rings. The Balaban J connectivity index is 2.04. The van der Waals surface area contributed by atoms with Crippen LogP contribution in [0.25, 0.3) is 21.5 Å². The molecule has 3 rings (SSSR count). The number of hydrogen-bond donors (Lipinski definition) is 2. The van der Waals surface area contributed by atoms with Crippen LogP contribution in [0.5, 0.6) is 0 Å². The topological polar surface area (TPSA) is 72.2 Å². The molecule has 0 radical (unpaired) electrons. The molecule has 0 heterocycles. The molecule has 0 unspecified atom stereocenters. The molecule has 4 heteroatoms. The molecule has 4 nitrogen and oxygen atoms in total. The van der Waals surface area contributed by atoms with Crippen molar-refractivity contribution in [1.82, 2.24) is 5.32 Å². The van der Waals surface area contributed by atoms with Gasteiger partial charge in [-0.1, -0.05) is 62.4 Å². The molecule has 1 atom stereocenters. The molecular formula is C22H24N2O2. The second kappa shape index (κ2) is 7.56. The lowest BCUT2D eigenvalue weighted by Crippen LogP contribution is -2.46. The van der Waals surface area contributed by atoms with Crippen molar-refractivity contribution >= 4 is 33.4 Å². The first-order valence-corrected chi connectivity index (χ1v) is 8.93. The Morgan fingerprint density at radius 2 is 1.50 bits per heavy atom. The number of nitrogens with two attached hydrogens (primary N) is 1. The summed E-state index contributed by atoms with van der Waals surface area (Å²) in [5.74, 6) is -0.436. The van der Waals surface area contributed by atoms with E-state index in [0.717, 1.165) is 27.1 Å². The van der Waals surface area contributed by atoms with Crippen molar-refractivity contribution in [3.05, 3.63) is 60.2 Å². The van der Waals surface area contributed by atoms with Crippen LogP contribution in [0.4, 0.5) is 0 Å². The minimum Gasteiger partial charge on any atom is -0.368 e. The van der Waals surface area contributed by atoms with E-state index in [1.165, 1.54) is 0 Å². The molecule has 0 aliphatic heterocycles. The first-order chi connectivity index (χ1) is 12.5. The number of nitrogens with one attached hydrogen (secondary N) is 1. The maximum absolute atomic E-state index is 12.2. The lowest BCUT2D eigenvalue weighted by Gasteiger charge is -2.19. The first-order valence-electron chi connectivity index (χ1n) is 8.93.